The molecule has 0 aliphatic heterocycles. The van der Waals surface area contributed by atoms with Crippen LogP contribution in [0.4, 0.5) is 13.6 Å². The number of nitrogens with zero attached hydrogens (tertiary/aromatic N) is 3. The van der Waals surface area contributed by atoms with Crippen LogP contribution in [0.25, 0.3) is 11.4 Å². The molecule has 2 atom stereocenters. The van der Waals surface area contributed by atoms with Crippen molar-refractivity contribution in [3.05, 3.63) is 42.2 Å². The predicted octanol–water partition coefficient (Wildman–Crippen LogP) is 4.72. The predicted molar refractivity (Wildman–Crippen MR) is 113 cm³/mol. The van der Waals surface area contributed by atoms with Gasteiger partial charge in [0.1, 0.15) is 17.4 Å². The highest BCUT2D eigenvalue weighted by molar-refractivity contribution is 5.68. The van der Waals surface area contributed by atoms with Gasteiger partial charge < -0.3 is 14.8 Å². The van der Waals surface area contributed by atoms with Crippen molar-refractivity contribution >= 4 is 6.09 Å². The summed E-state index contributed by atoms with van der Waals surface area (Å²) in [5.41, 5.74) is 0.428. The van der Waals surface area contributed by atoms with Crippen molar-refractivity contribution < 1.29 is 23.0 Å². The van der Waals surface area contributed by atoms with E-state index < -0.39 is 29.6 Å². The molecule has 1 saturated carbocycles. The Bertz CT molecular complexity index is 967. The number of benzene rings is 1. The first-order valence-corrected chi connectivity index (χ1v) is 10.4. The molecule has 1 aromatic carbocycles. The van der Waals surface area contributed by atoms with Crippen LogP contribution in [-0.2, 0) is 4.74 Å². The summed E-state index contributed by atoms with van der Waals surface area (Å²) in [6, 6.07) is 8.41. The Labute approximate surface area is 185 Å². The number of halogens is 2. The number of rotatable bonds is 5. The van der Waals surface area contributed by atoms with Gasteiger partial charge in [0.2, 0.25) is 5.92 Å². The molecule has 1 N–H and O–H groups in total. The fraction of sp³-hybridized carbons (Fsp3) is 0.478. The van der Waals surface area contributed by atoms with Crippen molar-refractivity contribution in [1.29, 1.82) is 5.26 Å². The summed E-state index contributed by atoms with van der Waals surface area (Å²) >= 11 is 0. The minimum atomic E-state index is -2.79. The van der Waals surface area contributed by atoms with E-state index in [2.05, 4.69) is 15.3 Å². The molecule has 1 amide bonds. The van der Waals surface area contributed by atoms with Crippen LogP contribution >= 0.6 is 0 Å². The van der Waals surface area contributed by atoms with Gasteiger partial charge in [0, 0.05) is 42.8 Å². The summed E-state index contributed by atoms with van der Waals surface area (Å²) in [7, 11) is 0. The summed E-state index contributed by atoms with van der Waals surface area (Å²) < 4.78 is 39.1. The molecule has 1 aliphatic carbocycles. The fourth-order valence-electron chi connectivity index (χ4n) is 3.49. The second kappa shape index (κ2) is 9.47. The Morgan fingerprint density at radius 1 is 1.25 bits per heavy atom. The normalized spacial score (nSPS) is 20.1. The number of alkyl halides is 2. The SMILES string of the molecule is CC(C)(C)OC(=O)N[C@H]1CCC(F)(F)C[C@@H]1COc1ccc(-c2ncc(C#N)cn2)cc1. The first-order valence-electron chi connectivity index (χ1n) is 10.4. The van der Waals surface area contributed by atoms with E-state index in [1.165, 1.54) is 12.4 Å². The molecule has 3 rings (SSSR count). The van der Waals surface area contributed by atoms with E-state index >= 15 is 0 Å². The van der Waals surface area contributed by atoms with E-state index in [9.17, 15) is 13.6 Å². The molecule has 1 aliphatic rings. The molecule has 9 heteroatoms. The molecule has 0 saturated heterocycles. The van der Waals surface area contributed by atoms with E-state index in [1.54, 1.807) is 45.0 Å². The van der Waals surface area contributed by atoms with Gasteiger partial charge in [0.05, 0.1) is 12.2 Å². The van der Waals surface area contributed by atoms with Crippen molar-refractivity contribution in [3.63, 3.8) is 0 Å². The van der Waals surface area contributed by atoms with Crippen LogP contribution in [0.5, 0.6) is 5.75 Å². The maximum atomic E-state index is 14.0. The van der Waals surface area contributed by atoms with Crippen LogP contribution in [0, 0.1) is 17.2 Å². The monoisotopic (exact) mass is 444 g/mol. The zero-order chi connectivity index (χ0) is 23.4. The van der Waals surface area contributed by atoms with Crippen LogP contribution in [-0.4, -0.2) is 40.2 Å². The fourth-order valence-corrected chi connectivity index (χ4v) is 3.49. The number of aromatic nitrogens is 2. The number of hydrogen-bond donors (Lipinski definition) is 1. The molecular weight excluding hydrogens is 418 g/mol. The van der Waals surface area contributed by atoms with Crippen molar-refractivity contribution in [2.75, 3.05) is 6.61 Å². The Morgan fingerprint density at radius 2 is 1.91 bits per heavy atom. The van der Waals surface area contributed by atoms with Gasteiger partial charge >= 0.3 is 6.09 Å². The summed E-state index contributed by atoms with van der Waals surface area (Å²) in [6.07, 6.45) is 1.74. The van der Waals surface area contributed by atoms with Gasteiger partial charge in [-0.05, 0) is 51.5 Å². The van der Waals surface area contributed by atoms with Gasteiger partial charge in [-0.1, -0.05) is 0 Å². The summed E-state index contributed by atoms with van der Waals surface area (Å²) in [5.74, 6) is -2.39. The Balaban J connectivity index is 1.62. The third-order valence-corrected chi connectivity index (χ3v) is 5.01. The van der Waals surface area contributed by atoms with E-state index in [4.69, 9.17) is 14.7 Å². The molecule has 0 radical (unpaired) electrons. The second-order valence-electron chi connectivity index (χ2n) is 8.85. The zero-order valence-corrected chi connectivity index (χ0v) is 18.3. The number of alkyl carbamates (subject to hydrolysis) is 1. The van der Waals surface area contributed by atoms with Crippen molar-refractivity contribution in [2.45, 2.75) is 57.6 Å². The molecule has 1 fully saturated rings. The number of carbonyl (C=O) groups excluding carboxylic acids is 1. The van der Waals surface area contributed by atoms with Crippen LogP contribution < -0.4 is 10.1 Å². The highest BCUT2D eigenvalue weighted by atomic mass is 19.3. The lowest BCUT2D eigenvalue weighted by molar-refractivity contribution is -0.0690. The summed E-state index contributed by atoms with van der Waals surface area (Å²) in [6.45, 7) is 5.26. The molecule has 170 valence electrons. The van der Waals surface area contributed by atoms with E-state index in [-0.39, 0.29) is 25.9 Å². The van der Waals surface area contributed by atoms with Gasteiger partial charge in [0.15, 0.2) is 5.82 Å². The highest BCUT2D eigenvalue weighted by Crippen LogP contribution is 2.37. The van der Waals surface area contributed by atoms with Crippen LogP contribution in [0.3, 0.4) is 0 Å². The lowest BCUT2D eigenvalue weighted by Gasteiger charge is -2.36. The first-order chi connectivity index (χ1) is 15.0. The molecule has 1 heterocycles. The number of nitrogens with one attached hydrogen (secondary N) is 1. The summed E-state index contributed by atoms with van der Waals surface area (Å²) in [5, 5.41) is 11.6. The Kier molecular flexibility index (Phi) is 6.92. The lowest BCUT2D eigenvalue weighted by Crippen LogP contribution is -2.49. The van der Waals surface area contributed by atoms with Gasteiger partial charge in [-0.25, -0.2) is 23.5 Å². The van der Waals surface area contributed by atoms with Crippen molar-refractivity contribution in [3.8, 4) is 23.2 Å². The van der Waals surface area contributed by atoms with Gasteiger partial charge in [-0.15, -0.1) is 0 Å². The maximum absolute atomic E-state index is 14.0. The molecule has 32 heavy (non-hydrogen) atoms. The summed E-state index contributed by atoms with van der Waals surface area (Å²) in [4.78, 5) is 20.4. The smallest absolute Gasteiger partial charge is 0.407 e. The average Bonchev–Trinajstić information content (AvgIpc) is 2.73. The van der Waals surface area contributed by atoms with Gasteiger partial charge in [-0.3, -0.25) is 0 Å². The van der Waals surface area contributed by atoms with Crippen LogP contribution in [0.1, 0.15) is 45.6 Å². The number of hydrogen-bond acceptors (Lipinski definition) is 6. The first kappa shape index (κ1) is 23.4. The number of carbonyl (C=O) groups is 1. The van der Waals surface area contributed by atoms with E-state index in [0.717, 1.165) is 5.56 Å². The Hall–Kier alpha value is -3.28. The van der Waals surface area contributed by atoms with Gasteiger partial charge in [0.25, 0.3) is 0 Å². The topological polar surface area (TPSA) is 97.1 Å². The number of amides is 1. The molecule has 7 nitrogen and oxygen atoms in total. The minimum Gasteiger partial charge on any atom is -0.493 e. The molecule has 0 unspecified atom stereocenters. The number of ether oxygens (including phenoxy) is 2. The Morgan fingerprint density at radius 3 is 2.50 bits per heavy atom. The molecule has 0 spiro atoms. The third-order valence-electron chi connectivity index (χ3n) is 5.01. The zero-order valence-electron chi connectivity index (χ0n) is 18.3. The lowest BCUT2D eigenvalue weighted by atomic mass is 9.82. The van der Waals surface area contributed by atoms with E-state index in [1.807, 2.05) is 6.07 Å². The van der Waals surface area contributed by atoms with Crippen molar-refractivity contribution in [2.24, 2.45) is 5.92 Å². The van der Waals surface area contributed by atoms with Crippen LogP contribution in [0.2, 0.25) is 0 Å². The molecule has 1 aromatic heterocycles. The molecule has 0 bridgehead atoms. The number of nitriles is 1. The third kappa shape index (κ3) is 6.61. The van der Waals surface area contributed by atoms with Crippen molar-refractivity contribution in [1.82, 2.24) is 15.3 Å². The highest BCUT2D eigenvalue weighted by Gasteiger charge is 2.42. The van der Waals surface area contributed by atoms with Crippen LogP contribution in [0.15, 0.2) is 36.7 Å². The van der Waals surface area contributed by atoms with Gasteiger partial charge in [-0.2, -0.15) is 5.26 Å². The molecular formula is C23H26F2N4O3. The maximum Gasteiger partial charge on any atom is 0.407 e. The largest absolute Gasteiger partial charge is 0.493 e. The quantitative estimate of drug-likeness (QED) is 0.717. The van der Waals surface area contributed by atoms with E-state index in [0.29, 0.717) is 17.1 Å². The molecule has 2 aromatic rings. The second-order valence-corrected chi connectivity index (χ2v) is 8.85. The minimum absolute atomic E-state index is 0.0305. The average molecular weight is 444 g/mol. The standard InChI is InChI=1S/C23H26F2N4O3/c1-22(2,3)32-21(30)29-19-8-9-23(24,25)10-17(19)14-31-18-6-4-16(5-7-18)20-27-12-15(11-26)13-28-20/h4-7,12-13,17,19H,8-10,14H2,1-3H3,(H,29,30)/t17-,19+/m1/s1.